The maximum atomic E-state index is 13.6. The highest BCUT2D eigenvalue weighted by molar-refractivity contribution is 6.20. The maximum Gasteiger partial charge on any atom is 0.162 e. The zero-order valence-electron chi connectivity index (χ0n) is 11.2. The van der Waals surface area contributed by atoms with Gasteiger partial charge in [0, 0.05) is 0 Å². The molecule has 0 aliphatic heterocycles. The number of benzene rings is 2. The maximum absolute atomic E-state index is 13.6. The van der Waals surface area contributed by atoms with Crippen LogP contribution in [-0.4, -0.2) is 0 Å². The van der Waals surface area contributed by atoms with Crippen molar-refractivity contribution >= 4 is 11.6 Å². The van der Waals surface area contributed by atoms with Gasteiger partial charge in [0.15, 0.2) is 11.6 Å². The smallest absolute Gasteiger partial charge is 0.162 e. The molecule has 2 aromatic rings. The van der Waals surface area contributed by atoms with Gasteiger partial charge >= 0.3 is 0 Å². The van der Waals surface area contributed by atoms with Crippen molar-refractivity contribution in [1.29, 1.82) is 0 Å². The van der Waals surface area contributed by atoms with E-state index in [9.17, 15) is 13.2 Å². The van der Waals surface area contributed by atoms with Crippen LogP contribution in [0.1, 0.15) is 27.6 Å². The van der Waals surface area contributed by atoms with Gasteiger partial charge in [-0.3, -0.25) is 0 Å². The van der Waals surface area contributed by atoms with Gasteiger partial charge in [0.25, 0.3) is 0 Å². The van der Waals surface area contributed by atoms with Gasteiger partial charge in [0.2, 0.25) is 0 Å². The topological polar surface area (TPSA) is 0 Å². The van der Waals surface area contributed by atoms with Gasteiger partial charge in [-0.2, -0.15) is 0 Å². The molecule has 0 amide bonds. The van der Waals surface area contributed by atoms with E-state index < -0.39 is 17.0 Å². The van der Waals surface area contributed by atoms with Crippen molar-refractivity contribution < 1.29 is 13.2 Å². The minimum absolute atomic E-state index is 0.148. The fraction of sp³-hybridized carbons (Fsp3) is 0.250. The lowest BCUT2D eigenvalue weighted by atomic mass is 9.99. The molecular weight excluding hydrogens is 285 g/mol. The summed E-state index contributed by atoms with van der Waals surface area (Å²) in [6, 6.07) is 7.28. The molecule has 1 unspecified atom stereocenters. The summed E-state index contributed by atoms with van der Waals surface area (Å²) in [6.45, 7) is 3.30. The van der Waals surface area contributed by atoms with E-state index in [2.05, 4.69) is 0 Å². The Morgan fingerprint density at radius 3 is 2.20 bits per heavy atom. The van der Waals surface area contributed by atoms with Crippen LogP contribution in [0, 0.1) is 31.3 Å². The molecule has 0 nitrogen and oxygen atoms in total. The molecule has 20 heavy (non-hydrogen) atoms. The van der Waals surface area contributed by atoms with Crippen LogP contribution in [0.15, 0.2) is 30.3 Å². The van der Waals surface area contributed by atoms with Crippen LogP contribution in [0.25, 0.3) is 0 Å². The molecule has 0 N–H and O–H groups in total. The molecule has 0 saturated carbocycles. The number of aryl methyl sites for hydroxylation is 2. The average molecular weight is 299 g/mol. The second-order valence-corrected chi connectivity index (χ2v) is 5.38. The second-order valence-electron chi connectivity index (χ2n) is 4.85. The molecule has 0 aliphatic rings. The first-order chi connectivity index (χ1) is 9.40. The van der Waals surface area contributed by atoms with Crippen LogP contribution < -0.4 is 0 Å². The number of hydrogen-bond donors (Lipinski definition) is 0. The first-order valence-electron chi connectivity index (χ1n) is 6.23. The Balaban J connectivity index is 2.28. The van der Waals surface area contributed by atoms with Crippen LogP contribution >= 0.6 is 11.6 Å². The second kappa shape index (κ2) is 5.88. The van der Waals surface area contributed by atoms with Crippen molar-refractivity contribution in [3.8, 4) is 0 Å². The van der Waals surface area contributed by atoms with E-state index in [1.54, 1.807) is 26.0 Å². The quantitative estimate of drug-likeness (QED) is 0.680. The van der Waals surface area contributed by atoms with Gasteiger partial charge in [-0.25, -0.2) is 13.2 Å². The van der Waals surface area contributed by atoms with Gasteiger partial charge in [-0.1, -0.05) is 24.3 Å². The SMILES string of the molecule is Cc1cc(C(Cl)Cc2cccc(F)c2F)cc(C)c1F. The Morgan fingerprint density at radius 1 is 1.00 bits per heavy atom. The highest BCUT2D eigenvalue weighted by Crippen LogP contribution is 2.29. The Kier molecular flexibility index (Phi) is 4.39. The Morgan fingerprint density at radius 2 is 1.60 bits per heavy atom. The minimum atomic E-state index is -0.891. The third kappa shape index (κ3) is 2.98. The van der Waals surface area contributed by atoms with Crippen molar-refractivity contribution in [3.05, 3.63) is 70.0 Å². The fourth-order valence-corrected chi connectivity index (χ4v) is 2.47. The molecule has 0 saturated heterocycles. The monoisotopic (exact) mass is 298 g/mol. The van der Waals surface area contributed by atoms with Crippen LogP contribution in [0.3, 0.4) is 0 Å². The van der Waals surface area contributed by atoms with E-state index in [0.29, 0.717) is 16.7 Å². The molecule has 0 bridgehead atoms. The van der Waals surface area contributed by atoms with Crippen molar-refractivity contribution in [2.45, 2.75) is 25.6 Å². The Labute approximate surface area is 121 Å². The van der Waals surface area contributed by atoms with Gasteiger partial charge in [0.1, 0.15) is 5.82 Å². The van der Waals surface area contributed by atoms with Crippen molar-refractivity contribution in [2.24, 2.45) is 0 Å². The summed E-state index contributed by atoms with van der Waals surface area (Å²) >= 11 is 6.25. The van der Waals surface area contributed by atoms with Crippen LogP contribution in [0.5, 0.6) is 0 Å². The third-order valence-corrected chi connectivity index (χ3v) is 3.66. The number of halogens is 4. The molecule has 0 heterocycles. The van der Waals surface area contributed by atoms with Gasteiger partial charge in [-0.05, 0) is 48.6 Å². The summed E-state index contributed by atoms with van der Waals surface area (Å²) in [5.41, 5.74) is 1.90. The molecule has 0 radical (unpaired) electrons. The lowest BCUT2D eigenvalue weighted by molar-refractivity contribution is 0.498. The zero-order valence-corrected chi connectivity index (χ0v) is 11.9. The van der Waals surface area contributed by atoms with Gasteiger partial charge in [0.05, 0.1) is 5.38 Å². The molecule has 2 rings (SSSR count). The molecule has 2 aromatic carbocycles. The summed E-state index contributed by atoms with van der Waals surface area (Å²) in [5, 5.41) is -0.538. The van der Waals surface area contributed by atoms with E-state index >= 15 is 0 Å². The lowest BCUT2D eigenvalue weighted by Crippen LogP contribution is -2.02. The molecule has 1 atom stereocenters. The first-order valence-corrected chi connectivity index (χ1v) is 6.67. The molecule has 0 aromatic heterocycles. The van der Waals surface area contributed by atoms with E-state index in [1.165, 1.54) is 12.1 Å². The Bertz CT molecular complexity index is 615. The van der Waals surface area contributed by atoms with Crippen molar-refractivity contribution in [3.63, 3.8) is 0 Å². The van der Waals surface area contributed by atoms with Gasteiger partial charge in [-0.15, -0.1) is 11.6 Å². The molecular formula is C16H14ClF3. The minimum Gasteiger partial charge on any atom is -0.206 e. The number of rotatable bonds is 3. The first kappa shape index (κ1) is 14.9. The standard InChI is InChI=1S/C16H14ClF3/c1-9-6-12(7-10(2)15(9)19)13(17)8-11-4-3-5-14(18)16(11)20/h3-7,13H,8H2,1-2H3. The highest BCUT2D eigenvalue weighted by atomic mass is 35.5. The highest BCUT2D eigenvalue weighted by Gasteiger charge is 2.16. The van der Waals surface area contributed by atoms with Crippen LogP contribution in [0.2, 0.25) is 0 Å². The number of alkyl halides is 1. The average Bonchev–Trinajstić information content (AvgIpc) is 2.40. The summed E-state index contributed by atoms with van der Waals surface area (Å²) in [5.74, 6) is -2.04. The van der Waals surface area contributed by atoms with E-state index in [0.717, 1.165) is 6.07 Å². The molecule has 4 heteroatoms. The fourth-order valence-electron chi connectivity index (χ4n) is 2.18. The third-order valence-electron chi connectivity index (χ3n) is 3.25. The van der Waals surface area contributed by atoms with E-state index in [1.807, 2.05) is 0 Å². The van der Waals surface area contributed by atoms with Crippen LogP contribution in [-0.2, 0) is 6.42 Å². The lowest BCUT2D eigenvalue weighted by Gasteiger charge is -2.13. The predicted molar refractivity (Wildman–Crippen MR) is 74.5 cm³/mol. The summed E-state index contributed by atoms with van der Waals surface area (Å²) in [7, 11) is 0. The number of hydrogen-bond acceptors (Lipinski definition) is 0. The molecule has 0 spiro atoms. The molecule has 0 aliphatic carbocycles. The Hall–Kier alpha value is -1.48. The van der Waals surface area contributed by atoms with Gasteiger partial charge < -0.3 is 0 Å². The summed E-state index contributed by atoms with van der Waals surface area (Å²) in [4.78, 5) is 0. The summed E-state index contributed by atoms with van der Waals surface area (Å²) < 4.78 is 40.3. The summed E-state index contributed by atoms with van der Waals surface area (Å²) in [6.07, 6.45) is 0.148. The normalized spacial score (nSPS) is 12.5. The van der Waals surface area contributed by atoms with Crippen molar-refractivity contribution in [2.75, 3.05) is 0 Å². The van der Waals surface area contributed by atoms with E-state index in [4.69, 9.17) is 11.6 Å². The largest absolute Gasteiger partial charge is 0.206 e. The van der Waals surface area contributed by atoms with Crippen LogP contribution in [0.4, 0.5) is 13.2 Å². The predicted octanol–water partition coefficient (Wildman–Crippen LogP) is 5.24. The van der Waals surface area contributed by atoms with E-state index in [-0.39, 0.29) is 17.8 Å². The zero-order chi connectivity index (χ0) is 14.9. The molecule has 106 valence electrons. The molecule has 0 fully saturated rings. The van der Waals surface area contributed by atoms with Crippen molar-refractivity contribution in [1.82, 2.24) is 0 Å².